The SMILES string of the molecule is COc1ccc([C@@H]2c3sc(=S)[nH]c3S[C@H]3C(=O)N(c4ccc(Br)cc4)C(=O)[C@@H]23)cc1O. The number of phenols is 1. The van der Waals surface area contributed by atoms with Gasteiger partial charge in [-0.15, -0.1) is 11.3 Å². The number of amides is 2. The van der Waals surface area contributed by atoms with Gasteiger partial charge < -0.3 is 14.8 Å². The number of thiazole rings is 1. The van der Waals surface area contributed by atoms with E-state index < -0.39 is 17.1 Å². The summed E-state index contributed by atoms with van der Waals surface area (Å²) in [6.07, 6.45) is 0. The first-order chi connectivity index (χ1) is 14.9. The number of nitrogens with zero attached hydrogens (tertiary/aromatic N) is 1. The van der Waals surface area contributed by atoms with Gasteiger partial charge in [-0.1, -0.05) is 33.8 Å². The number of nitrogens with one attached hydrogen (secondary N) is 1. The van der Waals surface area contributed by atoms with Crippen molar-refractivity contribution in [2.45, 2.75) is 16.2 Å². The highest BCUT2D eigenvalue weighted by Crippen LogP contribution is 2.54. The van der Waals surface area contributed by atoms with E-state index in [2.05, 4.69) is 20.9 Å². The number of phenolic OH excluding ortho intramolecular Hbond substituents is 1. The van der Waals surface area contributed by atoms with Crippen LogP contribution in [0.15, 0.2) is 52.0 Å². The molecule has 2 aromatic carbocycles. The van der Waals surface area contributed by atoms with Crippen molar-refractivity contribution in [2.24, 2.45) is 5.92 Å². The van der Waals surface area contributed by atoms with Gasteiger partial charge in [0.25, 0.3) is 0 Å². The first-order valence-electron chi connectivity index (χ1n) is 9.29. The van der Waals surface area contributed by atoms with Gasteiger partial charge >= 0.3 is 0 Å². The molecule has 2 aliphatic heterocycles. The van der Waals surface area contributed by atoms with E-state index >= 15 is 0 Å². The topological polar surface area (TPSA) is 82.6 Å². The van der Waals surface area contributed by atoms with Crippen LogP contribution in [0.4, 0.5) is 5.69 Å². The van der Waals surface area contributed by atoms with E-state index in [1.54, 1.807) is 36.4 Å². The predicted molar refractivity (Wildman–Crippen MR) is 126 cm³/mol. The minimum Gasteiger partial charge on any atom is -0.504 e. The molecule has 0 unspecified atom stereocenters. The first-order valence-corrected chi connectivity index (χ1v) is 12.2. The standard InChI is InChI=1S/C21H15BrN2O4S3/c1-28-13-7-2-9(8-12(13)25)14-15-17(30-18-16(14)31-21(29)23-18)20(27)24(19(15)26)11-5-3-10(22)4-6-11/h2-8,14-15,17,25H,1H3,(H,23,29)/t14-,15-,17+/m0/s1. The summed E-state index contributed by atoms with van der Waals surface area (Å²) in [7, 11) is 1.48. The zero-order valence-corrected chi connectivity index (χ0v) is 20.0. The number of rotatable bonds is 3. The van der Waals surface area contributed by atoms with E-state index in [9.17, 15) is 14.7 Å². The van der Waals surface area contributed by atoms with Crippen LogP contribution < -0.4 is 9.64 Å². The highest BCUT2D eigenvalue weighted by molar-refractivity contribution is 9.10. The predicted octanol–water partition coefficient (Wildman–Crippen LogP) is 5.08. The van der Waals surface area contributed by atoms with E-state index in [1.165, 1.54) is 35.1 Å². The number of H-pyrrole nitrogens is 1. The van der Waals surface area contributed by atoms with Crippen LogP contribution in [0.25, 0.3) is 0 Å². The Hall–Kier alpha value is -2.14. The minimum atomic E-state index is -0.608. The van der Waals surface area contributed by atoms with Crippen LogP contribution in [-0.4, -0.2) is 34.3 Å². The molecule has 3 heterocycles. The lowest BCUT2D eigenvalue weighted by molar-refractivity contribution is -0.122. The number of anilines is 1. The van der Waals surface area contributed by atoms with Crippen molar-refractivity contribution in [3.05, 3.63) is 61.3 Å². The molecule has 1 aromatic heterocycles. The number of imide groups is 1. The Morgan fingerprint density at radius 3 is 2.58 bits per heavy atom. The first kappa shape index (κ1) is 20.7. The van der Waals surface area contributed by atoms with Crippen LogP contribution in [0.1, 0.15) is 16.4 Å². The highest BCUT2D eigenvalue weighted by Gasteiger charge is 2.56. The van der Waals surface area contributed by atoms with Crippen LogP contribution in [0.3, 0.4) is 0 Å². The van der Waals surface area contributed by atoms with Crippen LogP contribution in [-0.2, 0) is 9.59 Å². The number of aromatic amines is 1. The number of carbonyl (C=O) groups excluding carboxylic acids is 2. The second-order valence-electron chi connectivity index (χ2n) is 7.17. The van der Waals surface area contributed by atoms with E-state index in [4.69, 9.17) is 17.0 Å². The van der Waals surface area contributed by atoms with Gasteiger partial charge in [0.15, 0.2) is 15.5 Å². The monoisotopic (exact) mass is 534 g/mol. The Bertz CT molecular complexity index is 1270. The molecule has 1 saturated heterocycles. The Morgan fingerprint density at radius 1 is 1.16 bits per heavy atom. The molecule has 2 aliphatic rings. The third kappa shape index (κ3) is 3.32. The van der Waals surface area contributed by atoms with Crippen molar-refractivity contribution < 1.29 is 19.4 Å². The molecule has 158 valence electrons. The van der Waals surface area contributed by atoms with Gasteiger partial charge in [0.2, 0.25) is 11.8 Å². The van der Waals surface area contributed by atoms with Crippen molar-refractivity contribution in [2.75, 3.05) is 12.0 Å². The Morgan fingerprint density at radius 2 is 1.90 bits per heavy atom. The third-order valence-corrected chi connectivity index (χ3v) is 8.75. The number of aromatic nitrogens is 1. The minimum absolute atomic E-state index is 0.0167. The molecule has 10 heteroatoms. The molecule has 0 bridgehead atoms. The van der Waals surface area contributed by atoms with E-state index in [1.807, 2.05) is 6.07 Å². The molecule has 2 amide bonds. The van der Waals surface area contributed by atoms with Crippen LogP contribution in [0.2, 0.25) is 0 Å². The molecule has 0 aliphatic carbocycles. The maximum Gasteiger partial charge on any atom is 0.248 e. The summed E-state index contributed by atoms with van der Waals surface area (Å²) in [6, 6.07) is 12.2. The van der Waals surface area contributed by atoms with Gasteiger partial charge in [-0.25, -0.2) is 4.90 Å². The molecular formula is C21H15BrN2O4S3. The molecule has 1 fully saturated rings. The summed E-state index contributed by atoms with van der Waals surface area (Å²) in [5, 5.41) is 10.6. The average Bonchev–Trinajstić information content (AvgIpc) is 3.23. The van der Waals surface area contributed by atoms with Crippen LogP contribution in [0, 0.1) is 9.87 Å². The van der Waals surface area contributed by atoms with Gasteiger partial charge in [0, 0.05) is 15.3 Å². The van der Waals surface area contributed by atoms with E-state index in [-0.39, 0.29) is 17.6 Å². The number of thioether (sulfide) groups is 1. The maximum absolute atomic E-state index is 13.6. The van der Waals surface area contributed by atoms with E-state index in [0.29, 0.717) is 15.4 Å². The number of aromatic hydroxyl groups is 1. The number of methoxy groups -OCH3 is 1. The quantitative estimate of drug-likeness (QED) is 0.360. The molecule has 5 rings (SSSR count). The lowest BCUT2D eigenvalue weighted by Gasteiger charge is -2.30. The summed E-state index contributed by atoms with van der Waals surface area (Å²) in [6.45, 7) is 0. The molecule has 3 atom stereocenters. The fraction of sp³-hybridized carbons (Fsp3) is 0.190. The van der Waals surface area contributed by atoms with Crippen molar-refractivity contribution >= 4 is 68.7 Å². The van der Waals surface area contributed by atoms with Crippen LogP contribution in [0.5, 0.6) is 11.5 Å². The summed E-state index contributed by atoms with van der Waals surface area (Å²) >= 11 is 11.5. The highest BCUT2D eigenvalue weighted by atomic mass is 79.9. The molecule has 0 radical (unpaired) electrons. The summed E-state index contributed by atoms with van der Waals surface area (Å²) in [4.78, 5) is 32.3. The Balaban J connectivity index is 1.65. The van der Waals surface area contributed by atoms with Gasteiger partial charge in [0.1, 0.15) is 5.25 Å². The average molecular weight is 535 g/mol. The molecule has 0 saturated carbocycles. The second-order valence-corrected chi connectivity index (χ2v) is 11.0. The van der Waals surface area contributed by atoms with Crippen molar-refractivity contribution in [3.63, 3.8) is 0 Å². The fourth-order valence-corrected chi connectivity index (χ4v) is 7.35. The third-order valence-electron chi connectivity index (χ3n) is 5.47. The summed E-state index contributed by atoms with van der Waals surface area (Å²) in [5.74, 6) is -1.19. The number of halogens is 1. The Kier molecular flexibility index (Phi) is 5.20. The zero-order valence-electron chi connectivity index (χ0n) is 16.0. The number of hydrogen-bond acceptors (Lipinski definition) is 7. The molecule has 2 N–H and O–H groups in total. The lowest BCUT2D eigenvalue weighted by Crippen LogP contribution is -2.32. The molecule has 31 heavy (non-hydrogen) atoms. The normalized spacial score (nSPS) is 22.4. The molecular weight excluding hydrogens is 520 g/mol. The van der Waals surface area contributed by atoms with Crippen molar-refractivity contribution in [3.8, 4) is 11.5 Å². The number of ether oxygens (including phenoxy) is 1. The van der Waals surface area contributed by atoms with Gasteiger partial charge in [-0.05, 0) is 54.2 Å². The van der Waals surface area contributed by atoms with Gasteiger partial charge in [0.05, 0.1) is 23.7 Å². The Labute approximate surface area is 199 Å². The zero-order chi connectivity index (χ0) is 21.9. The number of fused-ring (bicyclic) bond motifs is 2. The van der Waals surface area contributed by atoms with Crippen molar-refractivity contribution in [1.82, 2.24) is 4.98 Å². The van der Waals surface area contributed by atoms with Gasteiger partial charge in [-0.3, -0.25) is 9.59 Å². The molecule has 6 nitrogen and oxygen atoms in total. The molecule has 3 aromatic rings. The summed E-state index contributed by atoms with van der Waals surface area (Å²) in [5.41, 5.74) is 1.28. The lowest BCUT2D eigenvalue weighted by atomic mass is 9.83. The second kappa shape index (κ2) is 7.77. The number of benzene rings is 2. The van der Waals surface area contributed by atoms with Gasteiger partial charge in [-0.2, -0.15) is 0 Å². The smallest absolute Gasteiger partial charge is 0.248 e. The van der Waals surface area contributed by atoms with Crippen LogP contribution >= 0.6 is 51.2 Å². The van der Waals surface area contributed by atoms with E-state index in [0.717, 1.165) is 19.9 Å². The van der Waals surface area contributed by atoms with Crippen molar-refractivity contribution in [1.29, 1.82) is 0 Å². The number of carbonyl (C=O) groups is 2. The summed E-state index contributed by atoms with van der Waals surface area (Å²) < 4.78 is 6.61. The maximum atomic E-state index is 13.6. The fourth-order valence-electron chi connectivity index (χ4n) is 4.12. The molecule has 0 spiro atoms. The largest absolute Gasteiger partial charge is 0.504 e. The number of hydrogen-bond donors (Lipinski definition) is 2.